The summed E-state index contributed by atoms with van der Waals surface area (Å²) < 4.78 is 0. The molecular formula is C12H17N3O3. The highest BCUT2D eigenvalue weighted by Gasteiger charge is 2.16. The average molecular weight is 251 g/mol. The lowest BCUT2D eigenvalue weighted by Gasteiger charge is -2.08. The highest BCUT2D eigenvalue weighted by atomic mass is 16.2. The molecule has 0 radical (unpaired) electrons. The summed E-state index contributed by atoms with van der Waals surface area (Å²) in [5, 5.41) is 2.53. The van der Waals surface area contributed by atoms with Crippen molar-refractivity contribution in [2.75, 3.05) is 5.32 Å². The van der Waals surface area contributed by atoms with E-state index in [2.05, 4.69) is 10.3 Å². The van der Waals surface area contributed by atoms with E-state index in [9.17, 15) is 14.4 Å². The van der Waals surface area contributed by atoms with Crippen molar-refractivity contribution < 1.29 is 4.79 Å². The number of carbonyl (C=O) groups excluding carboxylic acids is 1. The zero-order valence-electron chi connectivity index (χ0n) is 10.1. The maximum atomic E-state index is 11.6. The molecule has 1 aliphatic carbocycles. The van der Waals surface area contributed by atoms with E-state index in [1.807, 2.05) is 4.98 Å². The van der Waals surface area contributed by atoms with Gasteiger partial charge in [-0.15, -0.1) is 0 Å². The monoisotopic (exact) mass is 251 g/mol. The van der Waals surface area contributed by atoms with Crippen LogP contribution in [0.1, 0.15) is 38.5 Å². The second kappa shape index (κ2) is 5.66. The van der Waals surface area contributed by atoms with Crippen LogP contribution in [-0.4, -0.2) is 15.9 Å². The van der Waals surface area contributed by atoms with Gasteiger partial charge >= 0.3 is 5.69 Å². The normalized spacial score (nSPS) is 15.8. The number of nitrogens with one attached hydrogen (secondary N) is 3. The number of amides is 1. The summed E-state index contributed by atoms with van der Waals surface area (Å²) >= 11 is 0. The molecule has 1 fully saturated rings. The van der Waals surface area contributed by atoms with E-state index in [0.717, 1.165) is 12.5 Å². The predicted octanol–water partition coefficient (Wildman–Crippen LogP) is 0.972. The molecule has 1 aromatic rings. The van der Waals surface area contributed by atoms with Crippen molar-refractivity contribution in [1.82, 2.24) is 9.97 Å². The molecule has 0 bridgehead atoms. The molecule has 3 N–H and O–H groups in total. The lowest BCUT2D eigenvalue weighted by atomic mass is 10.0. The number of rotatable bonds is 4. The number of H-pyrrole nitrogens is 2. The minimum Gasteiger partial charge on any atom is -0.312 e. The van der Waals surface area contributed by atoms with Crippen LogP contribution < -0.4 is 16.6 Å². The van der Waals surface area contributed by atoms with Gasteiger partial charge in [0.05, 0.1) is 0 Å². The molecule has 0 saturated heterocycles. The van der Waals surface area contributed by atoms with Gasteiger partial charge in [-0.25, -0.2) is 4.79 Å². The lowest BCUT2D eigenvalue weighted by Crippen LogP contribution is -2.24. The Bertz CT molecular complexity index is 498. The molecule has 6 nitrogen and oxygen atoms in total. The number of carbonyl (C=O) groups is 1. The molecule has 98 valence electrons. The number of aromatic amines is 2. The van der Waals surface area contributed by atoms with E-state index >= 15 is 0 Å². The third-order valence-corrected chi connectivity index (χ3v) is 3.29. The average Bonchev–Trinajstić information content (AvgIpc) is 2.77. The molecule has 1 saturated carbocycles. The van der Waals surface area contributed by atoms with Crippen LogP contribution in [0.25, 0.3) is 0 Å². The van der Waals surface area contributed by atoms with Crippen LogP contribution in [0.4, 0.5) is 5.82 Å². The van der Waals surface area contributed by atoms with Crippen molar-refractivity contribution in [3.05, 3.63) is 26.9 Å². The van der Waals surface area contributed by atoms with Gasteiger partial charge in [-0.1, -0.05) is 25.7 Å². The van der Waals surface area contributed by atoms with E-state index < -0.39 is 11.2 Å². The van der Waals surface area contributed by atoms with E-state index in [-0.39, 0.29) is 11.7 Å². The topological polar surface area (TPSA) is 94.8 Å². The van der Waals surface area contributed by atoms with E-state index in [0.29, 0.717) is 12.3 Å². The van der Waals surface area contributed by atoms with E-state index in [1.54, 1.807) is 0 Å². The molecular weight excluding hydrogens is 234 g/mol. The summed E-state index contributed by atoms with van der Waals surface area (Å²) in [5.41, 5.74) is -1.14. The second-order valence-corrected chi connectivity index (χ2v) is 4.74. The van der Waals surface area contributed by atoms with Gasteiger partial charge in [0.25, 0.3) is 5.56 Å². The molecule has 2 rings (SSSR count). The Labute approximate surface area is 104 Å². The van der Waals surface area contributed by atoms with Crippen LogP contribution in [0.2, 0.25) is 0 Å². The lowest BCUT2D eigenvalue weighted by molar-refractivity contribution is -0.116. The highest BCUT2D eigenvalue weighted by molar-refractivity contribution is 5.89. The Kier molecular flexibility index (Phi) is 3.96. The Morgan fingerprint density at radius 2 is 2.00 bits per heavy atom. The van der Waals surface area contributed by atoms with E-state index in [1.165, 1.54) is 25.7 Å². The van der Waals surface area contributed by atoms with Gasteiger partial charge in [0.15, 0.2) is 0 Å². The van der Waals surface area contributed by atoms with Gasteiger partial charge < -0.3 is 5.32 Å². The number of aromatic nitrogens is 2. The van der Waals surface area contributed by atoms with Crippen LogP contribution in [0.3, 0.4) is 0 Å². The van der Waals surface area contributed by atoms with Gasteiger partial charge in [-0.05, 0) is 12.3 Å². The largest absolute Gasteiger partial charge is 0.327 e. The molecule has 1 heterocycles. The quantitative estimate of drug-likeness (QED) is 0.744. The van der Waals surface area contributed by atoms with E-state index in [4.69, 9.17) is 0 Å². The summed E-state index contributed by atoms with van der Waals surface area (Å²) in [4.78, 5) is 38.1. The Morgan fingerprint density at radius 1 is 1.28 bits per heavy atom. The Morgan fingerprint density at radius 3 is 2.67 bits per heavy atom. The first kappa shape index (κ1) is 12.6. The molecule has 0 aromatic carbocycles. The third kappa shape index (κ3) is 3.58. The minimum absolute atomic E-state index is 0.153. The highest BCUT2D eigenvalue weighted by Crippen LogP contribution is 2.28. The molecule has 0 spiro atoms. The van der Waals surface area contributed by atoms with Crippen molar-refractivity contribution in [2.24, 2.45) is 5.92 Å². The molecule has 0 atom stereocenters. The Balaban J connectivity index is 1.86. The molecule has 0 aliphatic heterocycles. The summed E-state index contributed by atoms with van der Waals surface area (Å²) in [6.45, 7) is 0. The van der Waals surface area contributed by atoms with Crippen molar-refractivity contribution in [1.29, 1.82) is 0 Å². The maximum Gasteiger partial charge on any atom is 0.327 e. The summed E-state index contributed by atoms with van der Waals surface area (Å²) in [6.07, 6.45) is 6.23. The predicted molar refractivity (Wildman–Crippen MR) is 67.5 cm³/mol. The number of hydrogen-bond acceptors (Lipinski definition) is 3. The summed E-state index contributed by atoms with van der Waals surface area (Å²) in [6, 6.07) is 1.16. The van der Waals surface area contributed by atoms with Gasteiger partial charge in [0.2, 0.25) is 5.91 Å². The molecule has 1 aliphatic rings. The van der Waals surface area contributed by atoms with Crippen LogP contribution >= 0.6 is 0 Å². The van der Waals surface area contributed by atoms with Crippen molar-refractivity contribution in [3.63, 3.8) is 0 Å². The standard InChI is InChI=1S/C12H17N3O3/c16-10(6-5-8-3-1-2-4-8)13-9-7-11(17)15-12(18)14-9/h7-8H,1-6H2,(H3,13,14,15,16,17,18). The number of anilines is 1. The van der Waals surface area contributed by atoms with Crippen LogP contribution in [0, 0.1) is 5.92 Å². The van der Waals surface area contributed by atoms with Crippen molar-refractivity contribution >= 4 is 11.7 Å². The Hall–Kier alpha value is -1.85. The zero-order chi connectivity index (χ0) is 13.0. The molecule has 18 heavy (non-hydrogen) atoms. The van der Waals surface area contributed by atoms with Gasteiger partial charge in [-0.3, -0.25) is 19.6 Å². The van der Waals surface area contributed by atoms with Gasteiger partial charge in [0.1, 0.15) is 5.82 Å². The fraction of sp³-hybridized carbons (Fsp3) is 0.583. The van der Waals surface area contributed by atoms with Crippen molar-refractivity contribution in [2.45, 2.75) is 38.5 Å². The zero-order valence-corrected chi connectivity index (χ0v) is 10.1. The fourth-order valence-electron chi connectivity index (χ4n) is 2.38. The first-order chi connectivity index (χ1) is 8.63. The minimum atomic E-state index is -0.617. The summed E-state index contributed by atoms with van der Waals surface area (Å²) in [5.74, 6) is 0.636. The SMILES string of the molecule is O=C(CCC1CCCC1)Nc1cc(=O)[nH]c(=O)[nH]1. The fourth-order valence-corrected chi connectivity index (χ4v) is 2.38. The second-order valence-electron chi connectivity index (χ2n) is 4.74. The van der Waals surface area contributed by atoms with Crippen LogP contribution in [0.5, 0.6) is 0 Å². The number of hydrogen-bond donors (Lipinski definition) is 3. The third-order valence-electron chi connectivity index (χ3n) is 3.29. The molecule has 6 heteroatoms. The van der Waals surface area contributed by atoms with Crippen LogP contribution in [0.15, 0.2) is 15.7 Å². The van der Waals surface area contributed by atoms with Gasteiger partial charge in [-0.2, -0.15) is 0 Å². The smallest absolute Gasteiger partial charge is 0.312 e. The maximum absolute atomic E-state index is 11.6. The first-order valence-corrected chi connectivity index (χ1v) is 6.27. The molecule has 1 amide bonds. The first-order valence-electron chi connectivity index (χ1n) is 6.27. The summed E-state index contributed by atoms with van der Waals surface area (Å²) in [7, 11) is 0. The molecule has 0 unspecified atom stereocenters. The molecule has 1 aromatic heterocycles. The van der Waals surface area contributed by atoms with Crippen molar-refractivity contribution in [3.8, 4) is 0 Å². The van der Waals surface area contributed by atoms with Crippen LogP contribution in [-0.2, 0) is 4.79 Å². The van der Waals surface area contributed by atoms with Gasteiger partial charge in [0, 0.05) is 12.5 Å².